The first-order chi connectivity index (χ1) is 8.10. The van der Waals surface area contributed by atoms with Gasteiger partial charge < -0.3 is 10.3 Å². The Morgan fingerprint density at radius 1 is 1.41 bits per heavy atom. The van der Waals surface area contributed by atoms with Crippen LogP contribution in [0.5, 0.6) is 0 Å². The summed E-state index contributed by atoms with van der Waals surface area (Å²) in [5, 5.41) is 0. The molecule has 0 fully saturated rings. The van der Waals surface area contributed by atoms with Crippen LogP contribution in [-0.2, 0) is 0 Å². The van der Waals surface area contributed by atoms with Gasteiger partial charge in [-0.1, -0.05) is 13.3 Å². The van der Waals surface area contributed by atoms with Gasteiger partial charge in [-0.25, -0.2) is 0 Å². The van der Waals surface area contributed by atoms with Crippen molar-refractivity contribution in [1.29, 1.82) is 0 Å². The number of hydrazine groups is 1. The van der Waals surface area contributed by atoms with Crippen LogP contribution in [0.4, 0.5) is 5.69 Å². The van der Waals surface area contributed by atoms with Crippen LogP contribution >= 0.6 is 0 Å². The minimum Gasteiger partial charge on any atom is -0.339 e. The fraction of sp³-hybridized carbons (Fsp3) is 0.462. The third-order valence-electron chi connectivity index (χ3n) is 2.99. The van der Waals surface area contributed by atoms with Crippen molar-refractivity contribution in [3.8, 4) is 0 Å². The molecule has 0 aromatic heterocycles. The summed E-state index contributed by atoms with van der Waals surface area (Å²) in [7, 11) is 1.84. The summed E-state index contributed by atoms with van der Waals surface area (Å²) in [5.74, 6) is 5.33. The molecule has 4 heteroatoms. The van der Waals surface area contributed by atoms with E-state index in [9.17, 15) is 4.79 Å². The van der Waals surface area contributed by atoms with E-state index in [4.69, 9.17) is 5.84 Å². The van der Waals surface area contributed by atoms with Crippen LogP contribution in [0.3, 0.4) is 0 Å². The molecule has 1 amide bonds. The molecular weight excluding hydrogens is 214 g/mol. The normalized spacial score (nSPS) is 12.0. The first-order valence-corrected chi connectivity index (χ1v) is 5.94. The molecule has 1 unspecified atom stereocenters. The highest BCUT2D eigenvalue weighted by atomic mass is 16.2. The second-order valence-electron chi connectivity index (χ2n) is 4.28. The Morgan fingerprint density at radius 2 is 2.00 bits per heavy atom. The Bertz CT molecular complexity index is 361. The van der Waals surface area contributed by atoms with E-state index in [1.807, 2.05) is 7.05 Å². The standard InChI is InChI=1S/C13H21N3O/c1-4-5-10(2)16(3)13(17)11-6-8-12(15-14)9-7-11/h6-10,15H,4-5,14H2,1-3H3. The molecule has 4 nitrogen and oxygen atoms in total. The summed E-state index contributed by atoms with van der Waals surface area (Å²) in [6.45, 7) is 4.19. The van der Waals surface area contributed by atoms with Crippen LogP contribution in [-0.4, -0.2) is 23.9 Å². The highest BCUT2D eigenvalue weighted by Gasteiger charge is 2.16. The minimum absolute atomic E-state index is 0.0505. The van der Waals surface area contributed by atoms with Crippen LogP contribution in [0.1, 0.15) is 37.0 Å². The number of nitrogens with zero attached hydrogens (tertiary/aromatic N) is 1. The van der Waals surface area contributed by atoms with Gasteiger partial charge in [-0.15, -0.1) is 0 Å². The van der Waals surface area contributed by atoms with Crippen molar-refractivity contribution < 1.29 is 4.79 Å². The maximum atomic E-state index is 12.1. The molecule has 0 saturated heterocycles. The lowest BCUT2D eigenvalue weighted by atomic mass is 10.1. The molecule has 0 aliphatic rings. The van der Waals surface area contributed by atoms with E-state index in [-0.39, 0.29) is 11.9 Å². The number of nitrogens with one attached hydrogen (secondary N) is 1. The zero-order valence-electron chi connectivity index (χ0n) is 10.7. The van der Waals surface area contributed by atoms with Crippen LogP contribution < -0.4 is 11.3 Å². The molecule has 0 bridgehead atoms. The topological polar surface area (TPSA) is 58.4 Å². The van der Waals surface area contributed by atoms with Gasteiger partial charge in [0.15, 0.2) is 0 Å². The van der Waals surface area contributed by atoms with Crippen molar-refractivity contribution in [3.05, 3.63) is 29.8 Å². The molecule has 0 aliphatic heterocycles. The highest BCUT2D eigenvalue weighted by molar-refractivity contribution is 5.94. The van der Waals surface area contributed by atoms with Crippen molar-refractivity contribution in [1.82, 2.24) is 4.90 Å². The molecule has 1 aromatic carbocycles. The lowest BCUT2D eigenvalue weighted by Gasteiger charge is -2.24. The number of hydrogen-bond acceptors (Lipinski definition) is 3. The summed E-state index contributed by atoms with van der Waals surface area (Å²) in [6.07, 6.45) is 2.10. The fourth-order valence-corrected chi connectivity index (χ4v) is 1.72. The molecule has 0 radical (unpaired) electrons. The number of anilines is 1. The number of nitrogens with two attached hydrogens (primary N) is 1. The third-order valence-corrected chi connectivity index (χ3v) is 2.99. The summed E-state index contributed by atoms with van der Waals surface area (Å²) in [5.41, 5.74) is 4.03. The van der Waals surface area contributed by atoms with Crippen molar-refractivity contribution in [3.63, 3.8) is 0 Å². The predicted molar refractivity (Wildman–Crippen MR) is 70.7 cm³/mol. The SMILES string of the molecule is CCCC(C)N(C)C(=O)c1ccc(NN)cc1. The van der Waals surface area contributed by atoms with Crippen LogP contribution in [0.25, 0.3) is 0 Å². The van der Waals surface area contributed by atoms with Gasteiger partial charge in [0.05, 0.1) is 0 Å². The molecule has 94 valence electrons. The number of carbonyl (C=O) groups is 1. The lowest BCUT2D eigenvalue weighted by Crippen LogP contribution is -2.34. The molecule has 3 N–H and O–H groups in total. The monoisotopic (exact) mass is 235 g/mol. The fourth-order valence-electron chi connectivity index (χ4n) is 1.72. The van der Waals surface area contributed by atoms with Crippen molar-refractivity contribution >= 4 is 11.6 Å². The van der Waals surface area contributed by atoms with Gasteiger partial charge in [-0.2, -0.15) is 0 Å². The largest absolute Gasteiger partial charge is 0.339 e. The Kier molecular flexibility index (Phi) is 4.97. The Morgan fingerprint density at radius 3 is 2.47 bits per heavy atom. The maximum absolute atomic E-state index is 12.1. The van der Waals surface area contributed by atoms with Gasteiger partial charge in [0.1, 0.15) is 0 Å². The summed E-state index contributed by atoms with van der Waals surface area (Å²) in [6, 6.07) is 7.43. The zero-order valence-corrected chi connectivity index (χ0v) is 10.7. The van der Waals surface area contributed by atoms with Crippen molar-refractivity contribution in [2.75, 3.05) is 12.5 Å². The molecule has 0 aliphatic carbocycles. The Hall–Kier alpha value is -1.55. The van der Waals surface area contributed by atoms with E-state index >= 15 is 0 Å². The van der Waals surface area contributed by atoms with Gasteiger partial charge in [0.25, 0.3) is 5.91 Å². The van der Waals surface area contributed by atoms with Gasteiger partial charge in [-0.05, 0) is 37.6 Å². The molecule has 0 heterocycles. The van der Waals surface area contributed by atoms with Crippen molar-refractivity contribution in [2.24, 2.45) is 5.84 Å². The molecule has 1 atom stereocenters. The number of carbonyl (C=O) groups excluding carboxylic acids is 1. The lowest BCUT2D eigenvalue weighted by molar-refractivity contribution is 0.0737. The van der Waals surface area contributed by atoms with E-state index in [0.29, 0.717) is 5.56 Å². The van der Waals surface area contributed by atoms with Gasteiger partial charge in [0.2, 0.25) is 0 Å². The third kappa shape index (κ3) is 3.46. The van der Waals surface area contributed by atoms with Crippen LogP contribution in [0, 0.1) is 0 Å². The average molecular weight is 235 g/mol. The highest BCUT2D eigenvalue weighted by Crippen LogP contribution is 2.13. The number of nitrogen functional groups attached to an aromatic ring is 1. The molecular formula is C13H21N3O. The molecule has 1 rings (SSSR count). The van der Waals surface area contributed by atoms with Gasteiger partial charge in [-0.3, -0.25) is 10.6 Å². The first kappa shape index (κ1) is 13.5. The summed E-state index contributed by atoms with van der Waals surface area (Å²) >= 11 is 0. The van der Waals surface area contributed by atoms with E-state index in [1.165, 1.54) is 0 Å². The van der Waals surface area contributed by atoms with Crippen molar-refractivity contribution in [2.45, 2.75) is 32.7 Å². The average Bonchev–Trinajstić information content (AvgIpc) is 2.37. The molecule has 0 saturated carbocycles. The van der Waals surface area contributed by atoms with E-state index in [1.54, 1.807) is 29.2 Å². The predicted octanol–water partition coefficient (Wildman–Crippen LogP) is 2.23. The second kappa shape index (κ2) is 6.25. The van der Waals surface area contributed by atoms with E-state index in [2.05, 4.69) is 19.3 Å². The quantitative estimate of drug-likeness (QED) is 0.608. The van der Waals surface area contributed by atoms with Gasteiger partial charge in [0, 0.05) is 24.3 Å². The molecule has 0 spiro atoms. The number of hydrogen-bond donors (Lipinski definition) is 2. The number of amides is 1. The molecule has 17 heavy (non-hydrogen) atoms. The summed E-state index contributed by atoms with van der Waals surface area (Å²) in [4.78, 5) is 13.9. The minimum atomic E-state index is 0.0505. The smallest absolute Gasteiger partial charge is 0.253 e. The maximum Gasteiger partial charge on any atom is 0.253 e. The second-order valence-corrected chi connectivity index (χ2v) is 4.28. The van der Waals surface area contributed by atoms with E-state index in [0.717, 1.165) is 18.5 Å². The van der Waals surface area contributed by atoms with Crippen LogP contribution in [0.15, 0.2) is 24.3 Å². The van der Waals surface area contributed by atoms with E-state index < -0.39 is 0 Å². The Balaban J connectivity index is 2.74. The number of rotatable bonds is 5. The summed E-state index contributed by atoms with van der Waals surface area (Å²) < 4.78 is 0. The number of benzene rings is 1. The molecule has 1 aromatic rings. The van der Waals surface area contributed by atoms with Crippen LogP contribution in [0.2, 0.25) is 0 Å². The zero-order chi connectivity index (χ0) is 12.8. The Labute approximate surface area is 103 Å². The van der Waals surface area contributed by atoms with Gasteiger partial charge >= 0.3 is 0 Å². The first-order valence-electron chi connectivity index (χ1n) is 5.94.